The molecule has 0 unspecified atom stereocenters. The van der Waals surface area contributed by atoms with E-state index in [1.165, 1.54) is 12.8 Å². The lowest BCUT2D eigenvalue weighted by atomic mass is 9.90. The molecule has 0 aromatic rings. The van der Waals surface area contributed by atoms with Gasteiger partial charge in [-0.1, -0.05) is 13.8 Å². The lowest BCUT2D eigenvalue weighted by Crippen LogP contribution is -2.36. The van der Waals surface area contributed by atoms with E-state index in [1.54, 1.807) is 7.11 Å². The molecule has 1 rings (SSSR count). The maximum absolute atomic E-state index is 5.94. The predicted octanol–water partition coefficient (Wildman–Crippen LogP) is 2.08. The third kappa shape index (κ3) is 6.45. The fourth-order valence-electron chi connectivity index (χ4n) is 1.51. The van der Waals surface area contributed by atoms with Gasteiger partial charge in [0.1, 0.15) is 0 Å². The van der Waals surface area contributed by atoms with Crippen LogP contribution in [0.15, 0.2) is 4.99 Å². The second-order valence-corrected chi connectivity index (χ2v) is 5.42. The van der Waals surface area contributed by atoms with Crippen molar-refractivity contribution in [3.8, 4) is 0 Å². The van der Waals surface area contributed by atoms with Crippen LogP contribution in [0.5, 0.6) is 0 Å². The number of hydrogen-bond acceptors (Lipinski definition) is 2. The molecule has 4 nitrogen and oxygen atoms in total. The van der Waals surface area contributed by atoms with Gasteiger partial charge in [-0.25, -0.2) is 0 Å². The van der Waals surface area contributed by atoms with E-state index in [1.807, 2.05) is 7.05 Å². The summed E-state index contributed by atoms with van der Waals surface area (Å²) >= 11 is 0. The highest BCUT2D eigenvalue weighted by molar-refractivity contribution is 14.0. The van der Waals surface area contributed by atoms with Crippen molar-refractivity contribution < 1.29 is 4.74 Å². The normalized spacial score (nSPS) is 16.6. The number of guanidine groups is 1. The minimum Gasteiger partial charge on any atom is -0.385 e. The molecule has 1 fully saturated rings. The number of hydrogen-bond donors (Lipinski definition) is 1. The van der Waals surface area contributed by atoms with E-state index in [2.05, 4.69) is 23.7 Å². The Labute approximate surface area is 122 Å². The molecule has 0 aliphatic heterocycles. The zero-order valence-electron chi connectivity index (χ0n) is 11.4. The molecule has 0 aromatic carbocycles. The maximum atomic E-state index is 5.94. The average Bonchev–Trinajstić information content (AvgIpc) is 3.06. The van der Waals surface area contributed by atoms with Crippen LogP contribution in [-0.4, -0.2) is 44.2 Å². The summed E-state index contributed by atoms with van der Waals surface area (Å²) in [6.07, 6.45) is 3.51. The van der Waals surface area contributed by atoms with Crippen molar-refractivity contribution in [2.24, 2.45) is 16.1 Å². The van der Waals surface area contributed by atoms with Crippen molar-refractivity contribution in [3.63, 3.8) is 0 Å². The minimum atomic E-state index is 0. The summed E-state index contributed by atoms with van der Waals surface area (Å²) in [5.74, 6) is 0.674. The van der Waals surface area contributed by atoms with Crippen LogP contribution < -0.4 is 5.73 Å². The Kier molecular flexibility index (Phi) is 7.39. The predicted molar refractivity (Wildman–Crippen MR) is 83.0 cm³/mol. The summed E-state index contributed by atoms with van der Waals surface area (Å²) in [7, 11) is 3.76. The summed E-state index contributed by atoms with van der Waals surface area (Å²) in [6, 6.07) is 0.630. The standard InChI is InChI=1S/C12H25N3O.HI/c1-12(2,7-8-16-4)9-14-11(13)15(3)10-5-6-10;/h10H,5-9H2,1-4H3,(H2,13,14);1H. The Balaban J connectivity index is 0.00000256. The van der Waals surface area contributed by atoms with Crippen LogP contribution in [0.25, 0.3) is 0 Å². The maximum Gasteiger partial charge on any atom is 0.191 e. The van der Waals surface area contributed by atoms with E-state index in [9.17, 15) is 0 Å². The highest BCUT2D eigenvalue weighted by Crippen LogP contribution is 2.25. The van der Waals surface area contributed by atoms with Gasteiger partial charge in [-0.15, -0.1) is 24.0 Å². The molecule has 1 aliphatic rings. The fourth-order valence-corrected chi connectivity index (χ4v) is 1.51. The van der Waals surface area contributed by atoms with Crippen molar-refractivity contribution in [1.82, 2.24) is 4.90 Å². The number of methoxy groups -OCH3 is 1. The van der Waals surface area contributed by atoms with Gasteiger partial charge in [-0.05, 0) is 24.7 Å². The van der Waals surface area contributed by atoms with Gasteiger partial charge >= 0.3 is 0 Å². The lowest BCUT2D eigenvalue weighted by Gasteiger charge is -2.23. The fraction of sp³-hybridized carbons (Fsp3) is 0.917. The van der Waals surface area contributed by atoms with E-state index >= 15 is 0 Å². The van der Waals surface area contributed by atoms with Gasteiger partial charge < -0.3 is 15.4 Å². The first-order chi connectivity index (χ1) is 7.46. The molecule has 5 heteroatoms. The van der Waals surface area contributed by atoms with E-state index in [-0.39, 0.29) is 29.4 Å². The van der Waals surface area contributed by atoms with Crippen LogP contribution in [0.1, 0.15) is 33.1 Å². The van der Waals surface area contributed by atoms with Gasteiger partial charge in [-0.3, -0.25) is 4.99 Å². The highest BCUT2D eigenvalue weighted by Gasteiger charge is 2.27. The Bertz CT molecular complexity index is 252. The van der Waals surface area contributed by atoms with Crippen LogP contribution in [0.3, 0.4) is 0 Å². The van der Waals surface area contributed by atoms with Crippen LogP contribution >= 0.6 is 24.0 Å². The summed E-state index contributed by atoms with van der Waals surface area (Å²) in [5.41, 5.74) is 6.10. The largest absolute Gasteiger partial charge is 0.385 e. The van der Waals surface area contributed by atoms with E-state index in [4.69, 9.17) is 10.5 Å². The molecule has 17 heavy (non-hydrogen) atoms. The van der Waals surface area contributed by atoms with Crippen molar-refractivity contribution in [3.05, 3.63) is 0 Å². The highest BCUT2D eigenvalue weighted by atomic mass is 127. The molecule has 0 radical (unpaired) electrons. The monoisotopic (exact) mass is 355 g/mol. The van der Waals surface area contributed by atoms with Gasteiger partial charge in [0.15, 0.2) is 5.96 Å². The van der Waals surface area contributed by atoms with Crippen LogP contribution in [0, 0.1) is 5.41 Å². The van der Waals surface area contributed by atoms with Gasteiger partial charge in [0, 0.05) is 33.4 Å². The van der Waals surface area contributed by atoms with Crippen LogP contribution in [-0.2, 0) is 4.74 Å². The minimum absolute atomic E-state index is 0. The molecule has 0 saturated heterocycles. The summed E-state index contributed by atoms with van der Waals surface area (Å²) in [6.45, 7) is 5.93. The number of aliphatic imine (C=N–C) groups is 1. The number of rotatable bonds is 6. The van der Waals surface area contributed by atoms with Gasteiger partial charge in [0.25, 0.3) is 0 Å². The van der Waals surface area contributed by atoms with Crippen molar-refractivity contribution in [2.75, 3.05) is 27.3 Å². The first-order valence-corrected chi connectivity index (χ1v) is 5.98. The summed E-state index contributed by atoms with van der Waals surface area (Å²) in [5, 5.41) is 0. The molecule has 0 aromatic heterocycles. The van der Waals surface area contributed by atoms with Crippen molar-refractivity contribution >= 4 is 29.9 Å². The number of nitrogens with two attached hydrogens (primary N) is 1. The molecular formula is C12H26IN3O. The Morgan fingerprint density at radius 3 is 2.53 bits per heavy atom. The van der Waals surface area contributed by atoms with Crippen LogP contribution in [0.2, 0.25) is 0 Å². The Morgan fingerprint density at radius 2 is 2.06 bits per heavy atom. The van der Waals surface area contributed by atoms with Crippen molar-refractivity contribution in [2.45, 2.75) is 39.2 Å². The molecule has 102 valence electrons. The summed E-state index contributed by atoms with van der Waals surface area (Å²) < 4.78 is 5.09. The topological polar surface area (TPSA) is 50.9 Å². The molecule has 0 amide bonds. The molecule has 0 spiro atoms. The van der Waals surface area contributed by atoms with Gasteiger partial charge in [-0.2, -0.15) is 0 Å². The molecule has 0 bridgehead atoms. The van der Waals surface area contributed by atoms with E-state index in [0.29, 0.717) is 12.0 Å². The quantitative estimate of drug-likeness (QED) is 0.451. The zero-order chi connectivity index (χ0) is 12.2. The zero-order valence-corrected chi connectivity index (χ0v) is 13.7. The van der Waals surface area contributed by atoms with Gasteiger partial charge in [0.05, 0.1) is 0 Å². The molecule has 2 N–H and O–H groups in total. The SMILES string of the molecule is COCCC(C)(C)CN=C(N)N(C)C1CC1.I. The first kappa shape index (κ1) is 17.0. The number of ether oxygens (including phenoxy) is 1. The second kappa shape index (κ2) is 7.41. The second-order valence-electron chi connectivity index (χ2n) is 5.42. The average molecular weight is 355 g/mol. The van der Waals surface area contributed by atoms with E-state index in [0.717, 1.165) is 19.6 Å². The lowest BCUT2D eigenvalue weighted by molar-refractivity contribution is 0.155. The molecule has 1 saturated carbocycles. The Morgan fingerprint density at radius 1 is 1.47 bits per heavy atom. The molecular weight excluding hydrogens is 329 g/mol. The van der Waals surface area contributed by atoms with E-state index < -0.39 is 0 Å². The third-order valence-electron chi connectivity index (χ3n) is 3.11. The molecule has 0 heterocycles. The van der Waals surface area contributed by atoms with Crippen molar-refractivity contribution in [1.29, 1.82) is 0 Å². The first-order valence-electron chi connectivity index (χ1n) is 5.98. The number of nitrogens with zero attached hydrogens (tertiary/aromatic N) is 2. The smallest absolute Gasteiger partial charge is 0.191 e. The third-order valence-corrected chi connectivity index (χ3v) is 3.11. The molecule has 1 aliphatic carbocycles. The Hall–Kier alpha value is -0.0400. The van der Waals surface area contributed by atoms with Crippen LogP contribution in [0.4, 0.5) is 0 Å². The summed E-state index contributed by atoms with van der Waals surface area (Å²) in [4.78, 5) is 6.56. The van der Waals surface area contributed by atoms with Gasteiger partial charge in [0.2, 0.25) is 0 Å². The molecule has 0 atom stereocenters. The number of halogens is 1.